The molecule has 4 rings (SSSR count). The van der Waals surface area contributed by atoms with Crippen LogP contribution in [0.5, 0.6) is 0 Å². The second kappa shape index (κ2) is 19.6. The molecule has 0 saturated carbocycles. The number of ether oxygens (including phenoxy) is 7. The Labute approximate surface area is 306 Å². The second-order valence-electron chi connectivity index (χ2n) is 15.0. The zero-order valence-corrected chi connectivity index (χ0v) is 31.0. The molecule has 294 valence electrons. The maximum atomic E-state index is 13.3. The number of aliphatic hydroxyl groups is 3. The summed E-state index contributed by atoms with van der Waals surface area (Å²) in [6.07, 6.45) is 2.95. The van der Waals surface area contributed by atoms with Gasteiger partial charge in [-0.1, -0.05) is 52.5 Å². The first-order valence-corrected chi connectivity index (χ1v) is 18.7. The fourth-order valence-electron chi connectivity index (χ4n) is 7.29. The smallest absolute Gasteiger partial charge is 0.330 e. The van der Waals surface area contributed by atoms with Gasteiger partial charge in [-0.15, -0.1) is 0 Å². The number of hydrogen-bond acceptors (Lipinski definition) is 14. The lowest BCUT2D eigenvalue weighted by Crippen LogP contribution is -2.62. The van der Waals surface area contributed by atoms with Crippen LogP contribution in [0, 0.1) is 5.41 Å². The summed E-state index contributed by atoms with van der Waals surface area (Å²) in [5.74, 6) is -4.39. The van der Waals surface area contributed by atoms with Gasteiger partial charge in [0.2, 0.25) is 5.79 Å². The van der Waals surface area contributed by atoms with Crippen LogP contribution >= 0.6 is 0 Å². The highest BCUT2D eigenvalue weighted by atomic mass is 16.7. The highest BCUT2D eigenvalue weighted by Gasteiger charge is 2.57. The lowest BCUT2D eigenvalue weighted by molar-refractivity contribution is -0.327. The van der Waals surface area contributed by atoms with Crippen LogP contribution in [-0.4, -0.2) is 114 Å². The SMILES string of the molecule is CCCCCCCC(=O)O[C@H]1/C(=C/C(=O)OC)C[C@H]2C[C@H](CO)OC(=O)C[C@H](O)C[C@@H]3CC(=O)C[C@H](C[C@@H]4CCO[C@H](/C=C\C(C)(C)[C@]1(O)O2)O4)O3. The molecular formula is C38H58O14. The number of methoxy groups -OCH3 is 1. The summed E-state index contributed by atoms with van der Waals surface area (Å²) < 4.78 is 41.1. The first kappa shape index (κ1) is 42.0. The lowest BCUT2D eigenvalue weighted by Gasteiger charge is -2.51. The number of esters is 3. The van der Waals surface area contributed by atoms with E-state index in [1.165, 1.54) is 7.11 Å². The Kier molecular flexibility index (Phi) is 15.8. The zero-order valence-electron chi connectivity index (χ0n) is 31.0. The summed E-state index contributed by atoms with van der Waals surface area (Å²) in [4.78, 5) is 51.5. The molecule has 0 amide bonds. The number of carbonyl (C=O) groups excluding carboxylic acids is 4. The summed E-state index contributed by atoms with van der Waals surface area (Å²) in [6.45, 7) is 5.20. The number of ketones is 1. The largest absolute Gasteiger partial charge is 0.466 e. The molecule has 3 N–H and O–H groups in total. The van der Waals surface area contributed by atoms with Crippen molar-refractivity contribution in [3.8, 4) is 0 Å². The summed E-state index contributed by atoms with van der Waals surface area (Å²) >= 11 is 0. The average Bonchev–Trinajstić information content (AvgIpc) is 3.07. The van der Waals surface area contributed by atoms with Gasteiger partial charge in [-0.05, 0) is 30.9 Å². The first-order chi connectivity index (χ1) is 24.7. The van der Waals surface area contributed by atoms with Crippen molar-refractivity contribution >= 4 is 23.7 Å². The van der Waals surface area contributed by atoms with E-state index in [1.54, 1.807) is 26.0 Å². The summed E-state index contributed by atoms with van der Waals surface area (Å²) in [5, 5.41) is 33.6. The van der Waals surface area contributed by atoms with Crippen LogP contribution in [0.2, 0.25) is 0 Å². The van der Waals surface area contributed by atoms with Gasteiger partial charge in [0.05, 0.1) is 57.3 Å². The topological polar surface area (TPSA) is 194 Å². The van der Waals surface area contributed by atoms with Gasteiger partial charge in [-0.25, -0.2) is 4.79 Å². The predicted octanol–water partition coefficient (Wildman–Crippen LogP) is 3.51. The molecular weight excluding hydrogens is 680 g/mol. The maximum absolute atomic E-state index is 13.3. The number of unbranched alkanes of at least 4 members (excludes halogenated alkanes) is 4. The van der Waals surface area contributed by atoms with Crippen molar-refractivity contribution in [2.24, 2.45) is 5.41 Å². The Bertz CT molecular complexity index is 1280. The minimum absolute atomic E-state index is 0.00378. The average molecular weight is 739 g/mol. The van der Waals surface area contributed by atoms with Crippen molar-refractivity contribution in [3.63, 3.8) is 0 Å². The highest BCUT2D eigenvalue weighted by Crippen LogP contribution is 2.47. The van der Waals surface area contributed by atoms with Crippen LogP contribution in [-0.2, 0) is 52.3 Å². The van der Waals surface area contributed by atoms with Gasteiger partial charge in [0.25, 0.3) is 0 Å². The van der Waals surface area contributed by atoms with Crippen molar-refractivity contribution in [1.29, 1.82) is 0 Å². The van der Waals surface area contributed by atoms with E-state index in [1.807, 2.05) is 0 Å². The standard InChI is InChI=1S/C38H58O14/c1-5-6-7-8-9-10-32(42)51-36-24(16-33(43)46-4)15-30-22-31(23-39)49-34(44)20-26(41)19-28-17-25(40)18-29(48-28)21-27-12-14-47-35(50-27)11-13-37(2,3)38(36,45)52-30/h11,13,16,26-31,35-36,39,41,45H,5-10,12,14-15,17-23H2,1-4H3/b13-11-,24-16+/t26-,27+,28+,29-,30+,31-,35+,36+,38-/m1/s1. The molecule has 4 heterocycles. The molecule has 6 bridgehead atoms. The molecule has 4 aliphatic rings. The maximum Gasteiger partial charge on any atom is 0.330 e. The van der Waals surface area contributed by atoms with Crippen molar-refractivity contribution < 1.29 is 67.7 Å². The third kappa shape index (κ3) is 11.9. The molecule has 14 heteroatoms. The number of Topliss-reactive ketones (excluding diaryl/α,β-unsaturated/α-hetero) is 1. The van der Waals surface area contributed by atoms with Crippen LogP contribution in [0.25, 0.3) is 0 Å². The van der Waals surface area contributed by atoms with E-state index >= 15 is 0 Å². The molecule has 9 atom stereocenters. The van der Waals surface area contributed by atoms with Gasteiger partial charge in [-0.2, -0.15) is 0 Å². The number of rotatable bonds is 9. The Balaban J connectivity index is 1.69. The van der Waals surface area contributed by atoms with Crippen LogP contribution in [0.4, 0.5) is 0 Å². The Morgan fingerprint density at radius 1 is 0.962 bits per heavy atom. The molecule has 14 nitrogen and oxygen atoms in total. The molecule has 0 aromatic carbocycles. The third-order valence-corrected chi connectivity index (χ3v) is 10.2. The molecule has 4 aliphatic heterocycles. The van der Waals surface area contributed by atoms with E-state index in [2.05, 4.69) is 6.92 Å². The zero-order chi connectivity index (χ0) is 37.9. The molecule has 0 unspecified atom stereocenters. The van der Waals surface area contributed by atoms with Gasteiger partial charge >= 0.3 is 17.9 Å². The van der Waals surface area contributed by atoms with Crippen LogP contribution < -0.4 is 0 Å². The van der Waals surface area contributed by atoms with Crippen LogP contribution in [0.1, 0.15) is 111 Å². The minimum atomic E-state index is -2.29. The minimum Gasteiger partial charge on any atom is -0.466 e. The quantitative estimate of drug-likeness (QED) is 0.102. The van der Waals surface area contributed by atoms with Crippen molar-refractivity contribution in [3.05, 3.63) is 23.8 Å². The molecule has 0 spiro atoms. The molecule has 52 heavy (non-hydrogen) atoms. The Morgan fingerprint density at radius 3 is 2.40 bits per heavy atom. The van der Waals surface area contributed by atoms with Crippen molar-refractivity contribution in [2.45, 2.75) is 165 Å². The molecule has 0 radical (unpaired) electrons. The first-order valence-electron chi connectivity index (χ1n) is 18.7. The molecule has 0 aromatic heterocycles. The second-order valence-corrected chi connectivity index (χ2v) is 15.0. The predicted molar refractivity (Wildman–Crippen MR) is 184 cm³/mol. The van der Waals surface area contributed by atoms with Gasteiger partial charge in [-0.3, -0.25) is 14.4 Å². The van der Waals surface area contributed by atoms with Crippen LogP contribution in [0.3, 0.4) is 0 Å². The molecule has 3 fully saturated rings. The van der Waals surface area contributed by atoms with E-state index in [-0.39, 0.29) is 56.0 Å². The summed E-state index contributed by atoms with van der Waals surface area (Å²) in [6, 6.07) is 0. The summed E-state index contributed by atoms with van der Waals surface area (Å²) in [5.41, 5.74) is -1.12. The summed E-state index contributed by atoms with van der Waals surface area (Å²) in [7, 11) is 1.20. The number of cyclic esters (lactones) is 1. The van der Waals surface area contributed by atoms with Crippen LogP contribution in [0.15, 0.2) is 23.8 Å². The number of carbonyl (C=O) groups is 4. The van der Waals surface area contributed by atoms with Gasteiger partial charge in [0.15, 0.2) is 12.4 Å². The monoisotopic (exact) mass is 738 g/mol. The fourth-order valence-corrected chi connectivity index (χ4v) is 7.29. The van der Waals surface area contributed by atoms with E-state index in [0.29, 0.717) is 25.9 Å². The van der Waals surface area contributed by atoms with Gasteiger partial charge in [0.1, 0.15) is 11.9 Å². The fraction of sp³-hybridized carbons (Fsp3) is 0.789. The van der Waals surface area contributed by atoms with E-state index < -0.39 is 85.1 Å². The van der Waals surface area contributed by atoms with E-state index in [9.17, 15) is 34.5 Å². The Hall–Kier alpha value is -2.72. The lowest BCUT2D eigenvalue weighted by atomic mass is 9.74. The van der Waals surface area contributed by atoms with Crippen molar-refractivity contribution in [1.82, 2.24) is 0 Å². The molecule has 0 aromatic rings. The number of hydrogen-bond donors (Lipinski definition) is 3. The Morgan fingerprint density at radius 2 is 1.69 bits per heavy atom. The number of aliphatic hydroxyl groups excluding tert-OH is 2. The highest BCUT2D eigenvalue weighted by molar-refractivity contribution is 5.83. The van der Waals surface area contributed by atoms with Gasteiger partial charge < -0.3 is 48.5 Å². The number of fused-ring (bicyclic) bond motifs is 6. The van der Waals surface area contributed by atoms with Crippen molar-refractivity contribution in [2.75, 3.05) is 20.3 Å². The van der Waals surface area contributed by atoms with E-state index in [0.717, 1.165) is 31.8 Å². The van der Waals surface area contributed by atoms with Gasteiger partial charge in [0, 0.05) is 50.0 Å². The normalized spacial score (nSPS) is 35.9. The third-order valence-electron chi connectivity index (χ3n) is 10.2. The van der Waals surface area contributed by atoms with E-state index in [4.69, 9.17) is 33.2 Å². The molecule has 0 aliphatic carbocycles. The molecule has 3 saturated heterocycles.